The molecular weight excluding hydrogens is 475 g/mol. The van der Waals surface area contributed by atoms with E-state index < -0.39 is 18.7 Å². The molecule has 1 unspecified atom stereocenters. The highest BCUT2D eigenvalue weighted by atomic mass is 35.5. The number of hydrogen-bond acceptors (Lipinski definition) is 4. The van der Waals surface area contributed by atoms with Crippen molar-refractivity contribution in [3.05, 3.63) is 81.1 Å². The second kappa shape index (κ2) is 10.4. The first kappa shape index (κ1) is 24.7. The average molecular weight is 496 g/mol. The maximum absolute atomic E-state index is 13.0. The number of hydrogen-bond donors (Lipinski definition) is 0. The normalized spacial score (nSPS) is 12.0. The Balaban J connectivity index is 1.75. The van der Waals surface area contributed by atoms with Crippen molar-refractivity contribution in [3.63, 3.8) is 0 Å². The Kier molecular flexibility index (Phi) is 7.76. The number of ether oxygens (including phenoxy) is 2. The summed E-state index contributed by atoms with van der Waals surface area (Å²) in [6.45, 7) is 2.15. The van der Waals surface area contributed by atoms with Crippen LogP contribution in [0.4, 0.5) is 8.78 Å². The monoisotopic (exact) mass is 495 g/mol. The van der Waals surface area contributed by atoms with E-state index in [9.17, 15) is 18.4 Å². The number of esters is 1. The fraction of sp³-hybridized carbons (Fsp3) is 0.250. The van der Waals surface area contributed by atoms with E-state index in [1.54, 1.807) is 47.9 Å². The summed E-state index contributed by atoms with van der Waals surface area (Å²) < 4.78 is 36.3. The van der Waals surface area contributed by atoms with Gasteiger partial charge in [-0.1, -0.05) is 29.3 Å². The van der Waals surface area contributed by atoms with Crippen LogP contribution in [0.1, 0.15) is 34.2 Å². The van der Waals surface area contributed by atoms with Gasteiger partial charge in [0.15, 0.2) is 6.10 Å². The molecule has 1 aromatic heterocycles. The van der Waals surface area contributed by atoms with Gasteiger partial charge in [-0.2, -0.15) is 8.78 Å². The van der Waals surface area contributed by atoms with Crippen LogP contribution in [0.3, 0.4) is 0 Å². The molecule has 0 amide bonds. The molecule has 3 rings (SSSR count). The van der Waals surface area contributed by atoms with E-state index in [4.69, 9.17) is 27.9 Å². The molecule has 0 aliphatic heterocycles. The van der Waals surface area contributed by atoms with Crippen LogP contribution in [0.15, 0.2) is 48.5 Å². The maximum atomic E-state index is 13.0. The highest BCUT2D eigenvalue weighted by Crippen LogP contribution is 2.27. The third-order valence-corrected chi connectivity index (χ3v) is 5.79. The minimum Gasteiger partial charge on any atom is -0.454 e. The number of aryl methyl sites for hydroxylation is 1. The second-order valence-electron chi connectivity index (χ2n) is 7.37. The van der Waals surface area contributed by atoms with E-state index in [0.29, 0.717) is 32.6 Å². The Bertz CT molecular complexity index is 1160. The number of benzene rings is 2. The van der Waals surface area contributed by atoms with Gasteiger partial charge in [-0.3, -0.25) is 9.59 Å². The van der Waals surface area contributed by atoms with E-state index in [-0.39, 0.29) is 18.0 Å². The summed E-state index contributed by atoms with van der Waals surface area (Å²) in [5.41, 5.74) is 2.86. The van der Waals surface area contributed by atoms with E-state index in [1.165, 1.54) is 19.1 Å². The van der Waals surface area contributed by atoms with E-state index in [0.717, 1.165) is 5.69 Å². The second-order valence-corrected chi connectivity index (χ2v) is 8.18. The Morgan fingerprint density at radius 1 is 1.03 bits per heavy atom. The van der Waals surface area contributed by atoms with Crippen molar-refractivity contribution in [2.24, 2.45) is 0 Å². The van der Waals surface area contributed by atoms with Crippen LogP contribution in [0.25, 0.3) is 5.69 Å². The summed E-state index contributed by atoms with van der Waals surface area (Å²) in [7, 11) is 0. The summed E-state index contributed by atoms with van der Waals surface area (Å²) in [5, 5.41) is 0.680. The third kappa shape index (κ3) is 5.72. The number of Topliss-reactive ketones (excluding diaryl/α,β-unsaturated/α-hetero) is 1. The van der Waals surface area contributed by atoms with Gasteiger partial charge in [0.2, 0.25) is 5.78 Å². The summed E-state index contributed by atoms with van der Waals surface area (Å²) in [4.78, 5) is 25.4. The van der Waals surface area contributed by atoms with Crippen molar-refractivity contribution in [2.75, 3.05) is 0 Å². The van der Waals surface area contributed by atoms with Crippen LogP contribution in [0.2, 0.25) is 10.0 Å². The molecule has 3 aromatic rings. The predicted molar refractivity (Wildman–Crippen MR) is 122 cm³/mol. The highest BCUT2D eigenvalue weighted by molar-refractivity contribution is 6.36. The van der Waals surface area contributed by atoms with Crippen LogP contribution in [0.5, 0.6) is 5.75 Å². The number of carbonyl (C=O) groups is 2. The van der Waals surface area contributed by atoms with Gasteiger partial charge >= 0.3 is 12.6 Å². The zero-order chi connectivity index (χ0) is 24.3. The fourth-order valence-electron chi connectivity index (χ4n) is 3.54. The van der Waals surface area contributed by atoms with Crippen molar-refractivity contribution in [1.29, 1.82) is 0 Å². The lowest BCUT2D eigenvalue weighted by Crippen LogP contribution is -2.25. The predicted octanol–water partition coefficient (Wildman–Crippen LogP) is 6.36. The number of rotatable bonds is 8. The van der Waals surface area contributed by atoms with Crippen molar-refractivity contribution >= 4 is 35.0 Å². The third-order valence-electron chi connectivity index (χ3n) is 5.08. The average Bonchev–Trinajstić information content (AvgIpc) is 3.04. The summed E-state index contributed by atoms with van der Waals surface area (Å²) in [6, 6.07) is 12.7. The molecule has 174 valence electrons. The molecule has 0 aliphatic rings. The van der Waals surface area contributed by atoms with Crippen LogP contribution in [-0.4, -0.2) is 29.0 Å². The molecular formula is C24H21Cl2F2NO4. The molecule has 0 saturated heterocycles. The van der Waals surface area contributed by atoms with Gasteiger partial charge in [0, 0.05) is 38.2 Å². The van der Waals surface area contributed by atoms with Gasteiger partial charge in [-0.15, -0.1) is 0 Å². The first-order valence-corrected chi connectivity index (χ1v) is 10.7. The largest absolute Gasteiger partial charge is 0.454 e. The lowest BCUT2D eigenvalue weighted by Gasteiger charge is -2.14. The Morgan fingerprint density at radius 2 is 1.64 bits per heavy atom. The molecule has 0 bridgehead atoms. The number of alkyl halides is 2. The van der Waals surface area contributed by atoms with E-state index in [2.05, 4.69) is 4.74 Å². The van der Waals surface area contributed by atoms with Gasteiger partial charge in [0.25, 0.3) is 0 Å². The fourth-order valence-corrected chi connectivity index (χ4v) is 4.07. The van der Waals surface area contributed by atoms with E-state index in [1.807, 2.05) is 6.92 Å². The van der Waals surface area contributed by atoms with Gasteiger partial charge < -0.3 is 14.0 Å². The number of aromatic nitrogens is 1. The molecule has 2 aromatic carbocycles. The number of nitrogens with zero attached hydrogens (tertiary/aromatic N) is 1. The van der Waals surface area contributed by atoms with Crippen LogP contribution < -0.4 is 4.74 Å². The first-order valence-electron chi connectivity index (χ1n) is 9.99. The van der Waals surface area contributed by atoms with Gasteiger partial charge in [0.05, 0.1) is 6.42 Å². The Hall–Kier alpha value is -2.90. The summed E-state index contributed by atoms with van der Waals surface area (Å²) in [6.07, 6.45) is -1.20. The van der Waals surface area contributed by atoms with Crippen molar-refractivity contribution in [2.45, 2.75) is 39.9 Å². The molecule has 0 radical (unpaired) electrons. The molecule has 0 saturated carbocycles. The molecule has 9 heteroatoms. The van der Waals surface area contributed by atoms with Gasteiger partial charge in [0.1, 0.15) is 5.75 Å². The van der Waals surface area contributed by atoms with Crippen LogP contribution in [0, 0.1) is 13.8 Å². The number of halogens is 4. The van der Waals surface area contributed by atoms with Crippen molar-refractivity contribution < 1.29 is 27.8 Å². The van der Waals surface area contributed by atoms with Crippen molar-refractivity contribution in [3.8, 4) is 11.4 Å². The highest BCUT2D eigenvalue weighted by Gasteiger charge is 2.25. The molecule has 1 heterocycles. The zero-order valence-electron chi connectivity index (χ0n) is 18.1. The summed E-state index contributed by atoms with van der Waals surface area (Å²) >= 11 is 12.2. The van der Waals surface area contributed by atoms with Crippen molar-refractivity contribution in [1.82, 2.24) is 4.57 Å². The topological polar surface area (TPSA) is 57.5 Å². The van der Waals surface area contributed by atoms with Gasteiger partial charge in [-0.25, -0.2) is 0 Å². The maximum Gasteiger partial charge on any atom is 0.387 e. The zero-order valence-corrected chi connectivity index (χ0v) is 19.6. The smallest absolute Gasteiger partial charge is 0.387 e. The summed E-state index contributed by atoms with van der Waals surface area (Å²) in [5.74, 6) is -0.966. The van der Waals surface area contributed by atoms with Crippen LogP contribution in [-0.2, 0) is 16.0 Å². The molecule has 0 N–H and O–H groups in total. The first-order chi connectivity index (χ1) is 15.6. The molecule has 0 aliphatic carbocycles. The standard InChI is InChI=1S/C24H21Cl2F2NO4/c1-13-11-18(14(2)29(13)16-7-9-17(10-8-16)33-24(27)28)23(31)15(3)32-22(30)12-19-20(25)5-4-6-21(19)26/h4-11,15,24H,12H2,1-3H3. The quantitative estimate of drug-likeness (QED) is 0.269. The molecule has 5 nitrogen and oxygen atoms in total. The minimum absolute atomic E-state index is 0.0340. The molecule has 0 fully saturated rings. The van der Waals surface area contributed by atoms with E-state index >= 15 is 0 Å². The minimum atomic E-state index is -2.91. The number of carbonyl (C=O) groups excluding carboxylic acids is 2. The van der Waals surface area contributed by atoms with Crippen LogP contribution >= 0.6 is 23.2 Å². The SMILES string of the molecule is Cc1cc(C(=O)C(C)OC(=O)Cc2c(Cl)cccc2Cl)c(C)n1-c1ccc(OC(F)F)cc1. The number of ketones is 1. The molecule has 33 heavy (non-hydrogen) atoms. The molecule has 0 spiro atoms. The Morgan fingerprint density at radius 3 is 2.21 bits per heavy atom. The lowest BCUT2D eigenvalue weighted by molar-refractivity contribution is -0.145. The molecule has 1 atom stereocenters. The Labute approximate surface area is 199 Å². The van der Waals surface area contributed by atoms with Gasteiger partial charge in [-0.05, 0) is 63.2 Å². The lowest BCUT2D eigenvalue weighted by atomic mass is 10.1.